The molecule has 0 radical (unpaired) electrons. The zero-order valence-corrected chi connectivity index (χ0v) is 17.6. The number of rotatable bonds is 6. The summed E-state index contributed by atoms with van der Waals surface area (Å²) >= 11 is 1.01. The molecule has 2 amide bonds. The number of nitrogens with one attached hydrogen (secondary N) is 1. The number of ether oxygens (including phenoxy) is 1. The smallest absolute Gasteiger partial charge is 0.316 e. The maximum absolute atomic E-state index is 11.0. The summed E-state index contributed by atoms with van der Waals surface area (Å²) in [4.78, 5) is 11.0. The van der Waals surface area contributed by atoms with Crippen molar-refractivity contribution in [2.75, 3.05) is 11.9 Å². The molecule has 0 bridgehead atoms. The van der Waals surface area contributed by atoms with Gasteiger partial charge in [0.25, 0.3) is 0 Å². The van der Waals surface area contributed by atoms with Gasteiger partial charge in [0.2, 0.25) is 0 Å². The van der Waals surface area contributed by atoms with Crippen LogP contribution in [-0.4, -0.2) is 67.2 Å². The molecule has 2 aromatic rings. The van der Waals surface area contributed by atoms with Gasteiger partial charge in [-0.3, -0.25) is 0 Å². The van der Waals surface area contributed by atoms with Crippen LogP contribution in [0.3, 0.4) is 0 Å². The van der Waals surface area contributed by atoms with Gasteiger partial charge in [-0.15, -0.1) is 11.8 Å². The van der Waals surface area contributed by atoms with Crippen LogP contribution in [0.1, 0.15) is 16.7 Å². The summed E-state index contributed by atoms with van der Waals surface area (Å²) in [5.41, 5.74) is 7.11. The fraction of sp³-hybridized carbons (Fsp3) is 0.381. The zero-order valence-electron chi connectivity index (χ0n) is 16.8. The van der Waals surface area contributed by atoms with E-state index in [2.05, 4.69) is 5.32 Å². The van der Waals surface area contributed by atoms with Gasteiger partial charge in [0.15, 0.2) is 5.44 Å². The summed E-state index contributed by atoms with van der Waals surface area (Å²) in [6.07, 6.45) is -3.73. The first-order chi connectivity index (χ1) is 14.7. The van der Waals surface area contributed by atoms with E-state index < -0.39 is 41.6 Å². The van der Waals surface area contributed by atoms with E-state index in [1.54, 1.807) is 18.2 Å². The van der Waals surface area contributed by atoms with Crippen molar-refractivity contribution in [3.63, 3.8) is 0 Å². The summed E-state index contributed by atoms with van der Waals surface area (Å²) in [5, 5.41) is 51.7. The number of aliphatic hydroxyl groups is 4. The molecule has 2 aromatic carbocycles. The molecule has 31 heavy (non-hydrogen) atoms. The molecular weight excluding hydrogens is 424 g/mol. The Morgan fingerprint density at radius 3 is 2.42 bits per heavy atom. The standard InChI is InChI=1S/C21H26N2O7S/c1-10-6-13(25)8-15(30-20-19(28)18(27)17(26)16(9-24)31-20)14(10)7-11-2-4-12(5-3-11)23-21(22)29/h2-6,8,16-20,24-28H,7,9H2,1H3,(H3,22,23,29)/t16-,17-,18+,19-,20-/m1/s1. The second-order valence-electron chi connectivity index (χ2n) is 7.42. The summed E-state index contributed by atoms with van der Waals surface area (Å²) < 4.78 is 5.96. The van der Waals surface area contributed by atoms with Crippen LogP contribution in [0, 0.1) is 6.92 Å². The quantitative estimate of drug-likeness (QED) is 0.337. The Balaban J connectivity index is 1.85. The van der Waals surface area contributed by atoms with Gasteiger partial charge in [-0.1, -0.05) is 12.1 Å². The second-order valence-corrected chi connectivity index (χ2v) is 8.76. The summed E-state index contributed by atoms with van der Waals surface area (Å²) in [6.45, 7) is 1.41. The zero-order chi connectivity index (χ0) is 22.7. The van der Waals surface area contributed by atoms with Gasteiger partial charge in [0, 0.05) is 23.7 Å². The first kappa shape index (κ1) is 23.2. The molecule has 10 heteroatoms. The van der Waals surface area contributed by atoms with E-state index in [-0.39, 0.29) is 5.75 Å². The third-order valence-corrected chi connectivity index (χ3v) is 6.53. The SMILES string of the molecule is Cc1cc(O)cc(O[C@@H]2S[C@H](CO)[C@@H](O)[C@H](O)[C@H]2O)c1Cc1ccc(NC(N)=O)cc1. The monoisotopic (exact) mass is 450 g/mol. The van der Waals surface area contributed by atoms with Crippen LogP contribution < -0.4 is 15.8 Å². The molecule has 1 heterocycles. The molecule has 1 aliphatic heterocycles. The molecule has 0 unspecified atom stereocenters. The molecule has 0 saturated carbocycles. The number of aromatic hydroxyl groups is 1. The van der Waals surface area contributed by atoms with Crippen LogP contribution >= 0.6 is 11.8 Å². The molecule has 5 atom stereocenters. The predicted molar refractivity (Wildman–Crippen MR) is 116 cm³/mol. The van der Waals surface area contributed by atoms with Crippen LogP contribution in [0.5, 0.6) is 11.5 Å². The first-order valence-electron chi connectivity index (χ1n) is 9.64. The van der Waals surface area contributed by atoms with E-state index in [1.165, 1.54) is 6.07 Å². The Morgan fingerprint density at radius 2 is 1.81 bits per heavy atom. The topological polar surface area (TPSA) is 166 Å². The minimum atomic E-state index is -1.48. The van der Waals surface area contributed by atoms with Crippen LogP contribution in [0.4, 0.5) is 10.5 Å². The number of phenolic OH excluding ortho intramolecular Hbond substituents is 1. The predicted octanol–water partition coefficient (Wildman–Crippen LogP) is 0.677. The summed E-state index contributed by atoms with van der Waals surface area (Å²) in [6, 6.07) is 9.40. The molecule has 1 saturated heterocycles. The Bertz CT molecular complexity index is 923. The maximum atomic E-state index is 11.0. The van der Waals surface area contributed by atoms with Gasteiger partial charge < -0.3 is 41.3 Å². The van der Waals surface area contributed by atoms with Crippen LogP contribution in [0.25, 0.3) is 0 Å². The van der Waals surface area contributed by atoms with Gasteiger partial charge in [0.1, 0.15) is 23.7 Å². The van der Waals surface area contributed by atoms with Gasteiger partial charge in [-0.05, 0) is 36.2 Å². The number of anilines is 1. The van der Waals surface area contributed by atoms with Gasteiger partial charge >= 0.3 is 6.03 Å². The van der Waals surface area contributed by atoms with E-state index >= 15 is 0 Å². The Kier molecular flexibility index (Phi) is 7.29. The first-order valence-corrected chi connectivity index (χ1v) is 10.6. The number of hydrogen-bond donors (Lipinski definition) is 7. The number of hydrogen-bond acceptors (Lipinski definition) is 8. The lowest BCUT2D eigenvalue weighted by atomic mass is 9.98. The third-order valence-electron chi connectivity index (χ3n) is 5.11. The molecule has 1 fully saturated rings. The van der Waals surface area contributed by atoms with E-state index in [0.29, 0.717) is 17.9 Å². The highest BCUT2D eigenvalue weighted by atomic mass is 32.2. The number of primary amides is 1. The van der Waals surface area contributed by atoms with E-state index in [4.69, 9.17) is 10.5 Å². The fourth-order valence-corrected chi connectivity index (χ4v) is 4.67. The number of benzene rings is 2. The lowest BCUT2D eigenvalue weighted by molar-refractivity contribution is -0.0910. The molecular formula is C21H26N2O7S. The highest BCUT2D eigenvalue weighted by Crippen LogP contribution is 2.37. The molecule has 0 aliphatic carbocycles. The number of phenols is 1. The maximum Gasteiger partial charge on any atom is 0.316 e. The molecule has 8 N–H and O–H groups in total. The Labute approximate surface area is 183 Å². The van der Waals surface area contributed by atoms with Gasteiger partial charge in [-0.25, -0.2) is 4.79 Å². The van der Waals surface area contributed by atoms with Crippen molar-refractivity contribution >= 4 is 23.5 Å². The molecule has 1 aliphatic rings. The average Bonchev–Trinajstić information content (AvgIpc) is 2.71. The van der Waals surface area contributed by atoms with Crippen molar-refractivity contribution in [2.45, 2.75) is 42.3 Å². The fourth-order valence-electron chi connectivity index (χ4n) is 3.44. The number of amides is 2. The van der Waals surface area contributed by atoms with Crippen molar-refractivity contribution < 1.29 is 35.1 Å². The highest BCUT2D eigenvalue weighted by Gasteiger charge is 2.44. The van der Waals surface area contributed by atoms with E-state index in [9.17, 15) is 30.3 Å². The molecule has 0 aromatic heterocycles. The van der Waals surface area contributed by atoms with Crippen molar-refractivity contribution in [3.8, 4) is 11.5 Å². The lowest BCUT2D eigenvalue weighted by Gasteiger charge is -2.39. The number of carbonyl (C=O) groups is 1. The third kappa shape index (κ3) is 5.41. The lowest BCUT2D eigenvalue weighted by Crippen LogP contribution is -2.55. The number of aliphatic hydroxyl groups excluding tert-OH is 4. The van der Waals surface area contributed by atoms with Crippen LogP contribution in [-0.2, 0) is 6.42 Å². The minimum Gasteiger partial charge on any atom is -0.508 e. The van der Waals surface area contributed by atoms with Crippen LogP contribution in [0.2, 0.25) is 0 Å². The normalized spacial score (nSPS) is 25.8. The van der Waals surface area contributed by atoms with Crippen molar-refractivity contribution in [3.05, 3.63) is 53.1 Å². The molecule has 3 rings (SSSR count). The van der Waals surface area contributed by atoms with Gasteiger partial charge in [-0.2, -0.15) is 0 Å². The molecule has 0 spiro atoms. The number of carbonyl (C=O) groups excluding carboxylic acids is 1. The Morgan fingerprint density at radius 1 is 1.13 bits per heavy atom. The number of thioether (sulfide) groups is 1. The molecule has 9 nitrogen and oxygen atoms in total. The minimum absolute atomic E-state index is 0.0214. The average molecular weight is 451 g/mol. The summed E-state index contributed by atoms with van der Waals surface area (Å²) in [7, 11) is 0. The number of aryl methyl sites for hydroxylation is 1. The summed E-state index contributed by atoms with van der Waals surface area (Å²) in [5.74, 6) is 0.292. The van der Waals surface area contributed by atoms with Gasteiger partial charge in [0.05, 0.1) is 18.0 Å². The van der Waals surface area contributed by atoms with Crippen molar-refractivity contribution in [2.24, 2.45) is 5.73 Å². The largest absolute Gasteiger partial charge is 0.508 e. The van der Waals surface area contributed by atoms with E-state index in [1.807, 2.05) is 19.1 Å². The van der Waals surface area contributed by atoms with E-state index in [0.717, 1.165) is 28.5 Å². The van der Waals surface area contributed by atoms with Crippen LogP contribution in [0.15, 0.2) is 36.4 Å². The van der Waals surface area contributed by atoms with Crippen molar-refractivity contribution in [1.82, 2.24) is 0 Å². The second kappa shape index (κ2) is 9.75. The number of urea groups is 1. The Hall–Kier alpha value is -2.50. The highest BCUT2D eigenvalue weighted by molar-refractivity contribution is 8.00. The number of nitrogens with two attached hydrogens (primary N) is 1. The van der Waals surface area contributed by atoms with Crippen molar-refractivity contribution in [1.29, 1.82) is 0 Å². The molecule has 168 valence electrons.